The molecule has 0 spiro atoms. The smallest absolute Gasteiger partial charge is 0.160 e. The lowest BCUT2D eigenvalue weighted by molar-refractivity contribution is 0.354. The van der Waals surface area contributed by atoms with E-state index in [1.807, 2.05) is 13.0 Å². The van der Waals surface area contributed by atoms with E-state index in [1.165, 1.54) is 0 Å². The van der Waals surface area contributed by atoms with Crippen LogP contribution in [0.25, 0.3) is 10.4 Å². The molecule has 0 heterocycles. The molecule has 0 bridgehead atoms. The lowest BCUT2D eigenvalue weighted by Crippen LogP contribution is -1.94. The molecule has 1 atom stereocenters. The van der Waals surface area contributed by atoms with Gasteiger partial charge in [0.05, 0.1) is 20.3 Å². The second-order valence-corrected chi connectivity index (χ2v) is 3.00. The molecule has 0 saturated carbocycles. The Hall–Kier alpha value is -1.87. The molecule has 0 aliphatic heterocycles. The fourth-order valence-corrected chi connectivity index (χ4v) is 1.26. The molecule has 5 heteroatoms. The van der Waals surface area contributed by atoms with Gasteiger partial charge in [0, 0.05) is 4.91 Å². The van der Waals surface area contributed by atoms with Crippen LogP contribution in [-0.2, 0) is 0 Å². The predicted molar refractivity (Wildman–Crippen MR) is 57.1 cm³/mol. The van der Waals surface area contributed by atoms with Crippen LogP contribution in [0.1, 0.15) is 18.5 Å². The minimum absolute atomic E-state index is 0.213. The van der Waals surface area contributed by atoms with Crippen molar-refractivity contribution in [3.63, 3.8) is 0 Å². The van der Waals surface area contributed by atoms with Crippen molar-refractivity contribution in [2.24, 2.45) is 5.11 Å². The minimum Gasteiger partial charge on any atom is -0.493 e. The summed E-state index contributed by atoms with van der Waals surface area (Å²) in [6, 6.07) is 5.23. The third-order valence-corrected chi connectivity index (χ3v) is 2.11. The van der Waals surface area contributed by atoms with Gasteiger partial charge >= 0.3 is 0 Å². The SMILES string of the molecule is COc1ccc(C(C)N=[N+]=[N-])cc1OC. The van der Waals surface area contributed by atoms with Gasteiger partial charge in [-0.05, 0) is 23.2 Å². The van der Waals surface area contributed by atoms with Gasteiger partial charge in [0.15, 0.2) is 11.5 Å². The molecule has 1 rings (SSSR count). The van der Waals surface area contributed by atoms with Gasteiger partial charge in [-0.25, -0.2) is 0 Å². The summed E-state index contributed by atoms with van der Waals surface area (Å²) in [6.45, 7) is 1.82. The maximum absolute atomic E-state index is 8.33. The van der Waals surface area contributed by atoms with Gasteiger partial charge in [0.2, 0.25) is 0 Å². The average molecular weight is 207 g/mol. The van der Waals surface area contributed by atoms with Crippen molar-refractivity contribution < 1.29 is 9.47 Å². The van der Waals surface area contributed by atoms with E-state index in [1.54, 1.807) is 26.4 Å². The summed E-state index contributed by atoms with van der Waals surface area (Å²) in [5.41, 5.74) is 9.22. The Kier molecular flexibility index (Phi) is 3.83. The summed E-state index contributed by atoms with van der Waals surface area (Å²) in [6.07, 6.45) is 0. The quantitative estimate of drug-likeness (QED) is 0.432. The number of hydrogen-bond donors (Lipinski definition) is 0. The fraction of sp³-hybridized carbons (Fsp3) is 0.400. The Labute approximate surface area is 88.3 Å². The minimum atomic E-state index is -0.213. The van der Waals surface area contributed by atoms with E-state index in [0.29, 0.717) is 11.5 Å². The molecular formula is C10H13N3O2. The number of hydrogen-bond acceptors (Lipinski definition) is 3. The first-order chi connectivity index (χ1) is 7.22. The molecule has 1 unspecified atom stereocenters. The Bertz CT molecular complexity index is 386. The number of nitrogens with zero attached hydrogens (tertiary/aromatic N) is 3. The summed E-state index contributed by atoms with van der Waals surface area (Å²) in [4.78, 5) is 2.76. The first-order valence-electron chi connectivity index (χ1n) is 4.49. The lowest BCUT2D eigenvalue weighted by Gasteiger charge is -2.11. The molecule has 0 N–H and O–H groups in total. The zero-order chi connectivity index (χ0) is 11.3. The standard InChI is InChI=1S/C10H13N3O2/c1-7(12-13-11)8-4-5-9(14-2)10(6-8)15-3/h4-7H,1-3H3. The Balaban J connectivity index is 3.07. The highest BCUT2D eigenvalue weighted by Gasteiger charge is 2.08. The molecule has 0 aliphatic rings. The molecule has 0 aliphatic carbocycles. The van der Waals surface area contributed by atoms with Gasteiger partial charge in [0.1, 0.15) is 0 Å². The summed E-state index contributed by atoms with van der Waals surface area (Å²) in [5.74, 6) is 1.30. The third-order valence-electron chi connectivity index (χ3n) is 2.11. The van der Waals surface area contributed by atoms with Crippen LogP contribution in [0, 0.1) is 0 Å². The van der Waals surface area contributed by atoms with E-state index in [-0.39, 0.29) is 6.04 Å². The molecule has 15 heavy (non-hydrogen) atoms. The number of azide groups is 1. The fourth-order valence-electron chi connectivity index (χ4n) is 1.26. The van der Waals surface area contributed by atoms with E-state index in [2.05, 4.69) is 10.0 Å². The second kappa shape index (κ2) is 5.12. The first-order valence-corrected chi connectivity index (χ1v) is 4.49. The van der Waals surface area contributed by atoms with Crippen molar-refractivity contribution >= 4 is 0 Å². The van der Waals surface area contributed by atoms with Gasteiger partial charge in [-0.15, -0.1) is 0 Å². The summed E-state index contributed by atoms with van der Waals surface area (Å²) in [7, 11) is 3.15. The van der Waals surface area contributed by atoms with Crippen LogP contribution in [0.2, 0.25) is 0 Å². The molecule has 1 aromatic rings. The van der Waals surface area contributed by atoms with E-state index in [0.717, 1.165) is 5.56 Å². The van der Waals surface area contributed by atoms with Crippen LogP contribution >= 0.6 is 0 Å². The summed E-state index contributed by atoms with van der Waals surface area (Å²) < 4.78 is 10.2. The summed E-state index contributed by atoms with van der Waals surface area (Å²) in [5, 5.41) is 3.61. The number of ether oxygens (including phenoxy) is 2. The highest BCUT2D eigenvalue weighted by Crippen LogP contribution is 2.30. The Morgan fingerprint density at radius 1 is 1.27 bits per heavy atom. The van der Waals surface area contributed by atoms with Gasteiger partial charge in [-0.1, -0.05) is 18.1 Å². The zero-order valence-electron chi connectivity index (χ0n) is 8.97. The van der Waals surface area contributed by atoms with Crippen molar-refractivity contribution in [1.82, 2.24) is 0 Å². The van der Waals surface area contributed by atoms with Crippen molar-refractivity contribution in [2.75, 3.05) is 14.2 Å². The molecule has 80 valence electrons. The van der Waals surface area contributed by atoms with Crippen LogP contribution in [0.3, 0.4) is 0 Å². The van der Waals surface area contributed by atoms with E-state index in [4.69, 9.17) is 15.0 Å². The highest BCUT2D eigenvalue weighted by atomic mass is 16.5. The predicted octanol–water partition coefficient (Wildman–Crippen LogP) is 3.08. The van der Waals surface area contributed by atoms with Crippen molar-refractivity contribution in [3.05, 3.63) is 34.2 Å². The molecule has 0 fully saturated rings. The van der Waals surface area contributed by atoms with Crippen LogP contribution < -0.4 is 9.47 Å². The maximum atomic E-state index is 8.33. The second-order valence-electron chi connectivity index (χ2n) is 3.00. The van der Waals surface area contributed by atoms with Crippen LogP contribution in [0.15, 0.2) is 23.3 Å². The molecule has 0 amide bonds. The topological polar surface area (TPSA) is 67.2 Å². The monoisotopic (exact) mass is 207 g/mol. The Morgan fingerprint density at radius 3 is 2.47 bits per heavy atom. The Morgan fingerprint density at radius 2 is 1.93 bits per heavy atom. The molecule has 5 nitrogen and oxygen atoms in total. The van der Waals surface area contributed by atoms with E-state index < -0.39 is 0 Å². The number of benzene rings is 1. The van der Waals surface area contributed by atoms with E-state index in [9.17, 15) is 0 Å². The zero-order valence-corrected chi connectivity index (χ0v) is 8.97. The number of rotatable bonds is 4. The lowest BCUT2D eigenvalue weighted by atomic mass is 10.1. The highest BCUT2D eigenvalue weighted by molar-refractivity contribution is 5.43. The molecule has 0 saturated heterocycles. The third kappa shape index (κ3) is 2.54. The van der Waals surface area contributed by atoms with Crippen molar-refractivity contribution in [1.29, 1.82) is 0 Å². The van der Waals surface area contributed by atoms with Crippen molar-refractivity contribution in [2.45, 2.75) is 13.0 Å². The van der Waals surface area contributed by atoms with Crippen LogP contribution in [0.5, 0.6) is 11.5 Å². The molecule has 0 aromatic heterocycles. The first kappa shape index (κ1) is 11.2. The van der Waals surface area contributed by atoms with Crippen molar-refractivity contribution in [3.8, 4) is 11.5 Å². The van der Waals surface area contributed by atoms with Gasteiger partial charge < -0.3 is 9.47 Å². The largest absolute Gasteiger partial charge is 0.493 e. The average Bonchev–Trinajstić information content (AvgIpc) is 2.28. The maximum Gasteiger partial charge on any atom is 0.160 e. The van der Waals surface area contributed by atoms with Crippen LogP contribution in [-0.4, -0.2) is 14.2 Å². The van der Waals surface area contributed by atoms with Gasteiger partial charge in [-0.2, -0.15) is 0 Å². The van der Waals surface area contributed by atoms with Gasteiger partial charge in [0.25, 0.3) is 0 Å². The number of methoxy groups -OCH3 is 2. The van der Waals surface area contributed by atoms with Crippen LogP contribution in [0.4, 0.5) is 0 Å². The normalized spacial score (nSPS) is 11.4. The van der Waals surface area contributed by atoms with Gasteiger partial charge in [-0.3, -0.25) is 0 Å². The molecular weight excluding hydrogens is 194 g/mol. The molecule has 1 aromatic carbocycles. The van der Waals surface area contributed by atoms with E-state index >= 15 is 0 Å². The summed E-state index contributed by atoms with van der Waals surface area (Å²) >= 11 is 0. The molecule has 0 radical (unpaired) electrons.